The van der Waals surface area contributed by atoms with Crippen LogP contribution in [0, 0.1) is 0 Å². The molecule has 0 aliphatic carbocycles. The van der Waals surface area contributed by atoms with Crippen molar-refractivity contribution in [3.8, 4) is 11.5 Å². The van der Waals surface area contributed by atoms with Gasteiger partial charge in [0.25, 0.3) is 0 Å². The summed E-state index contributed by atoms with van der Waals surface area (Å²) in [6.07, 6.45) is -4.42. The first-order valence-corrected chi connectivity index (χ1v) is 3.66. The minimum Gasteiger partial charge on any atom is -0.508 e. The normalized spacial score (nSPS) is 11.4. The number of hydrogen-bond acceptors (Lipinski definition) is 3. The lowest BCUT2D eigenvalue weighted by Gasteiger charge is -2.10. The van der Waals surface area contributed by atoms with Crippen LogP contribution in [0.2, 0.25) is 0 Å². The number of benzene rings is 1. The van der Waals surface area contributed by atoms with Crippen molar-refractivity contribution < 1.29 is 23.0 Å². The molecule has 78 valence electrons. The molecular weight excluding hydrogens is 199 g/mol. The van der Waals surface area contributed by atoms with E-state index in [0.717, 1.165) is 6.07 Å². The van der Waals surface area contributed by atoms with E-state index in [1.807, 2.05) is 0 Å². The highest BCUT2D eigenvalue weighted by Crippen LogP contribution is 2.27. The SMILES string of the molecule is Nc1ccc(O)cc1OCC(F)(F)F. The van der Waals surface area contributed by atoms with Gasteiger partial charge in [-0.15, -0.1) is 0 Å². The Bertz CT molecular complexity index is 325. The second-order valence-electron chi connectivity index (χ2n) is 2.63. The van der Waals surface area contributed by atoms with Gasteiger partial charge in [0.2, 0.25) is 0 Å². The average Bonchev–Trinajstić information content (AvgIpc) is 2.05. The molecule has 1 rings (SSSR count). The first-order chi connectivity index (χ1) is 6.38. The van der Waals surface area contributed by atoms with Crippen LogP contribution in [0.1, 0.15) is 0 Å². The topological polar surface area (TPSA) is 55.5 Å². The fraction of sp³-hybridized carbons (Fsp3) is 0.250. The molecule has 1 aromatic carbocycles. The maximum Gasteiger partial charge on any atom is 0.422 e. The minimum atomic E-state index is -4.42. The lowest BCUT2D eigenvalue weighted by atomic mass is 10.3. The van der Waals surface area contributed by atoms with Crippen molar-refractivity contribution in [3.05, 3.63) is 18.2 Å². The van der Waals surface area contributed by atoms with Gasteiger partial charge in [0.1, 0.15) is 11.5 Å². The number of aromatic hydroxyl groups is 1. The monoisotopic (exact) mass is 207 g/mol. The number of anilines is 1. The average molecular weight is 207 g/mol. The molecule has 0 aliphatic heterocycles. The van der Waals surface area contributed by atoms with Crippen LogP contribution in [0.15, 0.2) is 18.2 Å². The van der Waals surface area contributed by atoms with Crippen molar-refractivity contribution in [2.24, 2.45) is 0 Å². The molecule has 6 heteroatoms. The van der Waals surface area contributed by atoms with E-state index in [4.69, 9.17) is 10.8 Å². The molecule has 0 radical (unpaired) electrons. The summed E-state index contributed by atoms with van der Waals surface area (Å²) < 4.78 is 39.6. The van der Waals surface area contributed by atoms with Crippen LogP contribution in [0.25, 0.3) is 0 Å². The molecule has 14 heavy (non-hydrogen) atoms. The Hall–Kier alpha value is -1.59. The predicted molar refractivity (Wildman–Crippen MR) is 44.1 cm³/mol. The van der Waals surface area contributed by atoms with Crippen molar-refractivity contribution in [2.75, 3.05) is 12.3 Å². The molecule has 0 atom stereocenters. The Morgan fingerprint density at radius 1 is 1.36 bits per heavy atom. The third-order valence-corrected chi connectivity index (χ3v) is 1.39. The highest BCUT2D eigenvalue weighted by Gasteiger charge is 2.28. The van der Waals surface area contributed by atoms with Crippen LogP contribution >= 0.6 is 0 Å². The molecule has 0 fully saturated rings. The van der Waals surface area contributed by atoms with Crippen LogP contribution < -0.4 is 10.5 Å². The van der Waals surface area contributed by atoms with Crippen LogP contribution in [-0.4, -0.2) is 17.9 Å². The summed E-state index contributed by atoms with van der Waals surface area (Å²) in [5.74, 6) is -0.376. The maximum atomic E-state index is 11.7. The summed E-state index contributed by atoms with van der Waals surface area (Å²) in [6.45, 7) is -1.43. The zero-order valence-electron chi connectivity index (χ0n) is 7.01. The van der Waals surface area contributed by atoms with Gasteiger partial charge in [0.15, 0.2) is 6.61 Å². The van der Waals surface area contributed by atoms with Crippen molar-refractivity contribution in [3.63, 3.8) is 0 Å². The number of nitrogen functional groups attached to an aromatic ring is 1. The summed E-state index contributed by atoms with van der Waals surface area (Å²) in [7, 11) is 0. The fourth-order valence-electron chi connectivity index (χ4n) is 0.808. The zero-order chi connectivity index (χ0) is 10.8. The van der Waals surface area contributed by atoms with E-state index in [9.17, 15) is 13.2 Å². The second-order valence-corrected chi connectivity index (χ2v) is 2.63. The number of ether oxygens (including phenoxy) is 1. The molecule has 0 saturated heterocycles. The number of phenols is 1. The van der Waals surface area contributed by atoms with Gasteiger partial charge < -0.3 is 15.6 Å². The molecular formula is C8H8F3NO2. The van der Waals surface area contributed by atoms with Gasteiger partial charge in [-0.1, -0.05) is 0 Å². The standard InChI is InChI=1S/C8H8F3NO2/c9-8(10,11)4-14-7-3-5(13)1-2-6(7)12/h1-3,13H,4,12H2. The lowest BCUT2D eigenvalue weighted by molar-refractivity contribution is -0.153. The minimum absolute atomic E-state index is 0.0482. The van der Waals surface area contributed by atoms with Gasteiger partial charge in [-0.2, -0.15) is 13.2 Å². The zero-order valence-corrected chi connectivity index (χ0v) is 7.01. The van der Waals surface area contributed by atoms with Gasteiger partial charge in [0, 0.05) is 6.07 Å². The predicted octanol–water partition coefficient (Wildman–Crippen LogP) is 1.92. The van der Waals surface area contributed by atoms with Crippen molar-refractivity contribution >= 4 is 5.69 Å². The fourth-order valence-corrected chi connectivity index (χ4v) is 0.808. The highest BCUT2D eigenvalue weighted by atomic mass is 19.4. The quantitative estimate of drug-likeness (QED) is 0.575. The maximum absolute atomic E-state index is 11.7. The Kier molecular flexibility index (Phi) is 2.73. The Balaban J connectivity index is 2.72. The molecule has 0 heterocycles. The third-order valence-electron chi connectivity index (χ3n) is 1.39. The van der Waals surface area contributed by atoms with E-state index in [2.05, 4.69) is 4.74 Å². The first kappa shape index (κ1) is 10.5. The number of halogens is 3. The van der Waals surface area contributed by atoms with Crippen LogP contribution in [0.4, 0.5) is 18.9 Å². The van der Waals surface area contributed by atoms with Crippen LogP contribution in [0.3, 0.4) is 0 Å². The number of rotatable bonds is 2. The number of phenolic OH excluding ortho intramolecular Hbond substituents is 1. The van der Waals surface area contributed by atoms with E-state index < -0.39 is 12.8 Å². The highest BCUT2D eigenvalue weighted by molar-refractivity contribution is 5.55. The van der Waals surface area contributed by atoms with Gasteiger partial charge >= 0.3 is 6.18 Å². The summed E-state index contributed by atoms with van der Waals surface area (Å²) >= 11 is 0. The molecule has 0 bridgehead atoms. The molecule has 3 N–H and O–H groups in total. The van der Waals surface area contributed by atoms with E-state index >= 15 is 0 Å². The molecule has 1 aromatic rings. The Labute approximate surface area is 77.9 Å². The molecule has 3 nitrogen and oxygen atoms in total. The van der Waals surface area contributed by atoms with Crippen LogP contribution in [0.5, 0.6) is 11.5 Å². The Morgan fingerprint density at radius 3 is 2.57 bits per heavy atom. The molecule has 0 aliphatic rings. The third kappa shape index (κ3) is 3.04. The van der Waals surface area contributed by atoms with Crippen LogP contribution in [-0.2, 0) is 0 Å². The van der Waals surface area contributed by atoms with E-state index in [-0.39, 0.29) is 17.2 Å². The van der Waals surface area contributed by atoms with Crippen molar-refractivity contribution in [2.45, 2.75) is 6.18 Å². The molecule has 0 amide bonds. The summed E-state index contributed by atoms with van der Waals surface area (Å²) in [5.41, 5.74) is 5.36. The van der Waals surface area contributed by atoms with Crippen molar-refractivity contribution in [1.29, 1.82) is 0 Å². The second kappa shape index (κ2) is 3.65. The molecule has 0 spiro atoms. The van der Waals surface area contributed by atoms with Crippen molar-refractivity contribution in [1.82, 2.24) is 0 Å². The first-order valence-electron chi connectivity index (χ1n) is 3.66. The van der Waals surface area contributed by atoms with E-state index in [1.165, 1.54) is 12.1 Å². The van der Waals surface area contributed by atoms with Gasteiger partial charge in [-0.25, -0.2) is 0 Å². The van der Waals surface area contributed by atoms with E-state index in [0.29, 0.717) is 0 Å². The number of alkyl halides is 3. The molecule has 0 aromatic heterocycles. The summed E-state index contributed by atoms with van der Waals surface area (Å²) in [5, 5.41) is 8.95. The summed E-state index contributed by atoms with van der Waals surface area (Å²) in [6, 6.07) is 3.55. The van der Waals surface area contributed by atoms with Gasteiger partial charge in [0.05, 0.1) is 5.69 Å². The van der Waals surface area contributed by atoms with Gasteiger partial charge in [-0.05, 0) is 12.1 Å². The number of nitrogens with two attached hydrogens (primary N) is 1. The molecule has 0 saturated carbocycles. The largest absolute Gasteiger partial charge is 0.508 e. The lowest BCUT2D eigenvalue weighted by Crippen LogP contribution is -2.19. The van der Waals surface area contributed by atoms with Gasteiger partial charge in [-0.3, -0.25) is 0 Å². The molecule has 0 unspecified atom stereocenters. The van der Waals surface area contributed by atoms with E-state index in [1.54, 1.807) is 0 Å². The smallest absolute Gasteiger partial charge is 0.422 e. The Morgan fingerprint density at radius 2 is 2.00 bits per heavy atom. The number of hydrogen-bond donors (Lipinski definition) is 2. The summed E-state index contributed by atoms with van der Waals surface area (Å²) in [4.78, 5) is 0.